The molecule has 1 N–H and O–H groups in total. The summed E-state index contributed by atoms with van der Waals surface area (Å²) in [6, 6.07) is 31.5. The molecule has 0 aliphatic carbocycles. The first-order valence-corrected chi connectivity index (χ1v) is 13.9. The van der Waals surface area contributed by atoms with Crippen LogP contribution < -0.4 is 5.32 Å². The normalized spacial score (nSPS) is 11.9. The van der Waals surface area contributed by atoms with Crippen molar-refractivity contribution in [1.29, 1.82) is 5.26 Å². The van der Waals surface area contributed by atoms with Crippen LogP contribution in [0.5, 0.6) is 0 Å². The predicted octanol–water partition coefficient (Wildman–Crippen LogP) is 7.50. The fourth-order valence-electron chi connectivity index (χ4n) is 4.89. The molecule has 196 valence electrons. The van der Waals surface area contributed by atoms with Crippen molar-refractivity contribution in [3.63, 3.8) is 0 Å². The number of carbonyl (C=O) groups excluding carboxylic acids is 1. The standard InChI is InChI=1S/C32H25N5O2S/c1-3-26(40-32-36-35-27-18-20(2)23-16-10-11-17-25(23)37(27)32)30(38)34-31-24(19-33)28(21-12-6-4-7-13-21)29(39-31)22-14-8-5-9-15-22/h4-18,26H,3H2,1-2H3,(H,34,38). The Bertz CT molecular complexity index is 1890. The Morgan fingerprint density at radius 2 is 1.68 bits per heavy atom. The van der Waals surface area contributed by atoms with Gasteiger partial charge in [-0.05, 0) is 36.6 Å². The number of nitrogens with one attached hydrogen (secondary N) is 1. The van der Waals surface area contributed by atoms with E-state index in [0.29, 0.717) is 22.9 Å². The highest BCUT2D eigenvalue weighted by molar-refractivity contribution is 8.00. The van der Waals surface area contributed by atoms with Crippen LogP contribution in [0, 0.1) is 18.3 Å². The third-order valence-electron chi connectivity index (χ3n) is 6.84. The Labute approximate surface area is 235 Å². The minimum Gasteiger partial charge on any atom is -0.438 e. The molecule has 0 fully saturated rings. The molecule has 6 aromatic rings. The summed E-state index contributed by atoms with van der Waals surface area (Å²) >= 11 is 1.34. The van der Waals surface area contributed by atoms with E-state index in [4.69, 9.17) is 4.42 Å². The topological polar surface area (TPSA) is 96.2 Å². The molecule has 8 heteroatoms. The molecular weight excluding hydrogens is 518 g/mol. The summed E-state index contributed by atoms with van der Waals surface area (Å²) in [7, 11) is 0. The van der Waals surface area contributed by atoms with E-state index in [1.807, 2.05) is 96.3 Å². The van der Waals surface area contributed by atoms with Crippen LogP contribution in [0.2, 0.25) is 0 Å². The van der Waals surface area contributed by atoms with Crippen LogP contribution in [0.4, 0.5) is 5.88 Å². The minimum absolute atomic E-state index is 0.136. The van der Waals surface area contributed by atoms with E-state index in [0.717, 1.165) is 33.2 Å². The van der Waals surface area contributed by atoms with Gasteiger partial charge in [0.2, 0.25) is 11.8 Å². The Balaban J connectivity index is 1.36. The molecule has 6 rings (SSSR count). The lowest BCUT2D eigenvalue weighted by Crippen LogP contribution is -2.25. The van der Waals surface area contributed by atoms with E-state index in [2.05, 4.69) is 34.6 Å². The van der Waals surface area contributed by atoms with Crippen LogP contribution in [-0.4, -0.2) is 25.8 Å². The number of amides is 1. The molecule has 0 aliphatic rings. The summed E-state index contributed by atoms with van der Waals surface area (Å²) < 4.78 is 8.21. The highest BCUT2D eigenvalue weighted by Crippen LogP contribution is 2.41. The van der Waals surface area contributed by atoms with Crippen LogP contribution in [0.15, 0.2) is 101 Å². The van der Waals surface area contributed by atoms with Crippen molar-refractivity contribution in [2.45, 2.75) is 30.7 Å². The molecule has 3 aromatic carbocycles. The second-order valence-corrected chi connectivity index (χ2v) is 10.5. The van der Waals surface area contributed by atoms with Gasteiger partial charge in [0.1, 0.15) is 17.4 Å². The molecule has 0 bridgehead atoms. The zero-order valence-electron chi connectivity index (χ0n) is 22.0. The van der Waals surface area contributed by atoms with Crippen molar-refractivity contribution in [3.8, 4) is 28.5 Å². The first-order chi connectivity index (χ1) is 19.6. The first kappa shape index (κ1) is 25.4. The number of nitriles is 1. The number of rotatable bonds is 7. The van der Waals surface area contributed by atoms with E-state index in [1.54, 1.807) is 0 Å². The highest BCUT2D eigenvalue weighted by atomic mass is 32.2. The van der Waals surface area contributed by atoms with Gasteiger partial charge in [-0.1, -0.05) is 97.5 Å². The molecule has 0 spiro atoms. The summed E-state index contributed by atoms with van der Waals surface area (Å²) in [5.41, 5.74) is 5.41. The van der Waals surface area contributed by atoms with Crippen LogP contribution in [-0.2, 0) is 4.79 Å². The SMILES string of the molecule is CCC(Sc1nnc2cc(C)c3ccccc3n12)C(=O)Nc1oc(-c2ccccc2)c(-c2ccccc2)c1C#N. The minimum atomic E-state index is -0.496. The average molecular weight is 544 g/mol. The lowest BCUT2D eigenvalue weighted by atomic mass is 9.98. The molecular formula is C32H25N5O2S. The fraction of sp³-hybridized carbons (Fsp3) is 0.125. The molecule has 3 heterocycles. The lowest BCUT2D eigenvalue weighted by molar-refractivity contribution is -0.115. The van der Waals surface area contributed by atoms with E-state index < -0.39 is 5.25 Å². The maximum Gasteiger partial charge on any atom is 0.240 e. The summed E-state index contributed by atoms with van der Waals surface area (Å²) in [5.74, 6) is 0.395. The number of pyridine rings is 1. The van der Waals surface area contributed by atoms with Gasteiger partial charge in [0.15, 0.2) is 10.8 Å². The van der Waals surface area contributed by atoms with Gasteiger partial charge in [0.05, 0.1) is 10.8 Å². The molecule has 1 unspecified atom stereocenters. The molecule has 3 aromatic heterocycles. The number of benzene rings is 3. The monoisotopic (exact) mass is 543 g/mol. The van der Waals surface area contributed by atoms with Crippen molar-refractivity contribution in [2.24, 2.45) is 0 Å². The van der Waals surface area contributed by atoms with Crippen molar-refractivity contribution in [2.75, 3.05) is 5.32 Å². The second kappa shape index (κ2) is 10.7. The summed E-state index contributed by atoms with van der Waals surface area (Å²) in [6.45, 7) is 4.00. The Morgan fingerprint density at radius 3 is 2.38 bits per heavy atom. The number of thioether (sulfide) groups is 1. The number of carbonyl (C=O) groups is 1. The van der Waals surface area contributed by atoms with Gasteiger partial charge in [-0.3, -0.25) is 14.5 Å². The molecule has 0 aliphatic heterocycles. The first-order valence-electron chi connectivity index (χ1n) is 13.0. The van der Waals surface area contributed by atoms with Crippen LogP contribution >= 0.6 is 11.8 Å². The third-order valence-corrected chi connectivity index (χ3v) is 8.15. The second-order valence-electron chi connectivity index (χ2n) is 9.38. The Kier molecular flexibility index (Phi) is 6.81. The molecule has 0 radical (unpaired) electrons. The van der Waals surface area contributed by atoms with Crippen molar-refractivity contribution < 1.29 is 9.21 Å². The van der Waals surface area contributed by atoms with Crippen molar-refractivity contribution >= 4 is 40.1 Å². The van der Waals surface area contributed by atoms with Gasteiger partial charge >= 0.3 is 0 Å². The number of aryl methyl sites for hydroxylation is 1. The molecule has 40 heavy (non-hydrogen) atoms. The maximum atomic E-state index is 13.6. The maximum absolute atomic E-state index is 13.6. The Hall–Kier alpha value is -4.87. The third kappa shape index (κ3) is 4.51. The summed E-state index contributed by atoms with van der Waals surface area (Å²) in [6.07, 6.45) is 0.537. The number of para-hydroxylation sites is 1. The van der Waals surface area contributed by atoms with Gasteiger partial charge in [0.25, 0.3) is 0 Å². The van der Waals surface area contributed by atoms with E-state index in [9.17, 15) is 10.1 Å². The lowest BCUT2D eigenvalue weighted by Gasteiger charge is -2.13. The summed E-state index contributed by atoms with van der Waals surface area (Å²) in [5, 5.41) is 23.1. The molecule has 1 amide bonds. The number of hydrogen-bond acceptors (Lipinski definition) is 6. The molecule has 1 atom stereocenters. The van der Waals surface area contributed by atoms with Crippen LogP contribution in [0.3, 0.4) is 0 Å². The van der Waals surface area contributed by atoms with Gasteiger partial charge in [-0.25, -0.2) is 0 Å². The molecule has 0 saturated heterocycles. The number of anilines is 1. The highest BCUT2D eigenvalue weighted by Gasteiger charge is 2.28. The largest absolute Gasteiger partial charge is 0.438 e. The van der Waals surface area contributed by atoms with Gasteiger partial charge in [0, 0.05) is 16.5 Å². The average Bonchev–Trinajstić information content (AvgIpc) is 3.57. The molecule has 7 nitrogen and oxygen atoms in total. The van der Waals surface area contributed by atoms with Crippen LogP contribution in [0.25, 0.3) is 39.0 Å². The number of aromatic nitrogens is 3. The van der Waals surface area contributed by atoms with Crippen molar-refractivity contribution in [1.82, 2.24) is 14.6 Å². The smallest absolute Gasteiger partial charge is 0.240 e. The van der Waals surface area contributed by atoms with Crippen LogP contribution in [0.1, 0.15) is 24.5 Å². The van der Waals surface area contributed by atoms with E-state index >= 15 is 0 Å². The van der Waals surface area contributed by atoms with E-state index in [-0.39, 0.29) is 17.4 Å². The number of fused-ring (bicyclic) bond motifs is 3. The van der Waals surface area contributed by atoms with Gasteiger partial charge in [-0.2, -0.15) is 5.26 Å². The zero-order chi connectivity index (χ0) is 27.6. The van der Waals surface area contributed by atoms with Gasteiger partial charge in [-0.15, -0.1) is 10.2 Å². The van der Waals surface area contributed by atoms with Crippen molar-refractivity contribution in [3.05, 3.63) is 102 Å². The Morgan fingerprint density at radius 1 is 1.00 bits per heavy atom. The number of hydrogen-bond donors (Lipinski definition) is 1. The predicted molar refractivity (Wildman–Crippen MR) is 158 cm³/mol. The number of nitrogens with zero attached hydrogens (tertiary/aromatic N) is 4. The van der Waals surface area contributed by atoms with E-state index in [1.165, 1.54) is 11.8 Å². The quantitative estimate of drug-likeness (QED) is 0.210. The van der Waals surface area contributed by atoms with Gasteiger partial charge < -0.3 is 4.42 Å². The fourth-order valence-corrected chi connectivity index (χ4v) is 5.86. The summed E-state index contributed by atoms with van der Waals surface area (Å²) in [4.78, 5) is 13.6. The zero-order valence-corrected chi connectivity index (χ0v) is 22.8. The molecule has 0 saturated carbocycles. The number of furan rings is 1.